The Morgan fingerprint density at radius 1 is 1.43 bits per heavy atom. The molecule has 108 valence electrons. The van der Waals surface area contributed by atoms with Gasteiger partial charge in [0.05, 0.1) is 16.2 Å². The molecule has 0 aromatic carbocycles. The van der Waals surface area contributed by atoms with E-state index in [4.69, 9.17) is 0 Å². The normalized spacial score (nSPS) is 10.9. The van der Waals surface area contributed by atoms with Crippen molar-refractivity contribution in [2.75, 3.05) is 6.54 Å². The summed E-state index contributed by atoms with van der Waals surface area (Å²) in [4.78, 5) is 27.7. The molecule has 0 aliphatic rings. The number of H-pyrrole nitrogens is 1. The third-order valence-electron chi connectivity index (χ3n) is 3.06. The zero-order valence-electron chi connectivity index (χ0n) is 11.6. The molecule has 0 saturated carbocycles. The first-order valence-corrected chi connectivity index (χ1v) is 7.66. The Kier molecular flexibility index (Phi) is 3.92. The predicted octanol–water partition coefficient (Wildman–Crippen LogP) is 1.95. The first-order chi connectivity index (χ1) is 10.3. The fourth-order valence-electron chi connectivity index (χ4n) is 1.95. The van der Waals surface area contributed by atoms with Crippen molar-refractivity contribution in [1.82, 2.24) is 25.3 Å². The molecule has 0 unspecified atom stereocenters. The van der Waals surface area contributed by atoms with E-state index in [0.717, 1.165) is 29.1 Å². The number of carbonyl (C=O) groups excluding carboxylic acids is 1. The van der Waals surface area contributed by atoms with Crippen molar-refractivity contribution in [3.05, 3.63) is 40.2 Å². The fourth-order valence-corrected chi connectivity index (χ4v) is 2.83. The van der Waals surface area contributed by atoms with E-state index in [0.29, 0.717) is 12.2 Å². The van der Waals surface area contributed by atoms with Gasteiger partial charge in [0, 0.05) is 24.5 Å². The maximum atomic E-state index is 12.0. The number of pyridine rings is 1. The van der Waals surface area contributed by atoms with Crippen LogP contribution in [-0.2, 0) is 12.8 Å². The van der Waals surface area contributed by atoms with E-state index in [-0.39, 0.29) is 11.7 Å². The monoisotopic (exact) mass is 301 g/mol. The first-order valence-electron chi connectivity index (χ1n) is 6.78. The minimum Gasteiger partial charge on any atom is -0.349 e. The smallest absolute Gasteiger partial charge is 0.287 e. The number of rotatable bonds is 5. The van der Waals surface area contributed by atoms with Gasteiger partial charge in [-0.05, 0) is 18.6 Å². The van der Waals surface area contributed by atoms with E-state index < -0.39 is 0 Å². The Balaban J connectivity index is 1.58. The minimum atomic E-state index is -0.222. The first kappa shape index (κ1) is 13.7. The van der Waals surface area contributed by atoms with E-state index in [9.17, 15) is 4.79 Å². The van der Waals surface area contributed by atoms with Crippen LogP contribution in [0.4, 0.5) is 0 Å². The molecule has 0 fully saturated rings. The largest absolute Gasteiger partial charge is 0.349 e. The molecule has 0 aliphatic carbocycles. The van der Waals surface area contributed by atoms with Crippen LogP contribution < -0.4 is 5.32 Å². The Hall–Kier alpha value is -2.28. The molecule has 0 spiro atoms. The summed E-state index contributed by atoms with van der Waals surface area (Å²) >= 11 is 1.63. The Labute approximate surface area is 125 Å². The Morgan fingerprint density at radius 2 is 2.33 bits per heavy atom. The van der Waals surface area contributed by atoms with Gasteiger partial charge in [-0.1, -0.05) is 6.92 Å². The summed E-state index contributed by atoms with van der Waals surface area (Å²) < 4.78 is 0. The lowest BCUT2D eigenvalue weighted by molar-refractivity contribution is 0.0945. The van der Waals surface area contributed by atoms with Gasteiger partial charge in [-0.3, -0.25) is 4.79 Å². The van der Waals surface area contributed by atoms with Crippen molar-refractivity contribution in [2.24, 2.45) is 0 Å². The lowest BCUT2D eigenvalue weighted by atomic mass is 10.4. The molecule has 3 aromatic heterocycles. The summed E-state index contributed by atoms with van der Waals surface area (Å²) in [6.45, 7) is 2.62. The zero-order chi connectivity index (χ0) is 14.7. The molecule has 0 saturated heterocycles. The zero-order valence-corrected chi connectivity index (χ0v) is 12.4. The van der Waals surface area contributed by atoms with E-state index in [2.05, 4.69) is 37.6 Å². The van der Waals surface area contributed by atoms with Crippen molar-refractivity contribution >= 4 is 28.4 Å². The number of imidazole rings is 1. The van der Waals surface area contributed by atoms with Crippen molar-refractivity contribution in [3.8, 4) is 0 Å². The number of nitrogens with zero attached hydrogens (tertiary/aromatic N) is 3. The van der Waals surface area contributed by atoms with Crippen LogP contribution in [-0.4, -0.2) is 32.4 Å². The SMILES string of the molecule is CCc1csc(CCNC(=O)c2nc3ncccc3[nH]2)n1. The topological polar surface area (TPSA) is 83.6 Å². The number of thiazole rings is 1. The average molecular weight is 301 g/mol. The standard InChI is InChI=1S/C14H15N5OS/c1-2-9-8-21-11(17-9)5-7-16-14(20)13-18-10-4-3-6-15-12(10)19-13/h3-4,6,8H,2,5,7H2,1H3,(H,16,20)(H,15,18,19). The fraction of sp³-hybridized carbons (Fsp3) is 0.286. The number of aromatic nitrogens is 4. The summed E-state index contributed by atoms with van der Waals surface area (Å²) in [7, 11) is 0. The number of nitrogens with one attached hydrogen (secondary N) is 2. The van der Waals surface area contributed by atoms with Crippen molar-refractivity contribution in [2.45, 2.75) is 19.8 Å². The lowest BCUT2D eigenvalue weighted by Crippen LogP contribution is -2.26. The van der Waals surface area contributed by atoms with Gasteiger partial charge in [-0.25, -0.2) is 15.0 Å². The van der Waals surface area contributed by atoms with Gasteiger partial charge in [0.15, 0.2) is 11.5 Å². The van der Waals surface area contributed by atoms with Gasteiger partial charge in [0.2, 0.25) is 0 Å². The third-order valence-corrected chi connectivity index (χ3v) is 4.02. The van der Waals surface area contributed by atoms with Gasteiger partial charge in [-0.2, -0.15) is 0 Å². The molecule has 0 atom stereocenters. The quantitative estimate of drug-likeness (QED) is 0.754. The van der Waals surface area contributed by atoms with Crippen LogP contribution in [0.5, 0.6) is 0 Å². The predicted molar refractivity (Wildman–Crippen MR) is 81.4 cm³/mol. The molecule has 0 bridgehead atoms. The molecular weight excluding hydrogens is 286 g/mol. The summed E-state index contributed by atoms with van der Waals surface area (Å²) in [5, 5.41) is 5.94. The van der Waals surface area contributed by atoms with Gasteiger partial charge < -0.3 is 10.3 Å². The number of hydrogen-bond donors (Lipinski definition) is 2. The maximum absolute atomic E-state index is 12.0. The van der Waals surface area contributed by atoms with Crippen LogP contribution in [0.3, 0.4) is 0 Å². The minimum absolute atomic E-state index is 0.222. The Morgan fingerprint density at radius 3 is 3.10 bits per heavy atom. The molecule has 3 aromatic rings. The second-order valence-electron chi connectivity index (χ2n) is 4.55. The van der Waals surface area contributed by atoms with Gasteiger partial charge in [-0.15, -0.1) is 11.3 Å². The van der Waals surface area contributed by atoms with E-state index in [1.54, 1.807) is 23.6 Å². The maximum Gasteiger partial charge on any atom is 0.287 e. The molecule has 2 N–H and O–H groups in total. The van der Waals surface area contributed by atoms with E-state index in [1.807, 2.05) is 6.07 Å². The highest BCUT2D eigenvalue weighted by molar-refractivity contribution is 7.09. The number of hydrogen-bond acceptors (Lipinski definition) is 5. The molecule has 21 heavy (non-hydrogen) atoms. The van der Waals surface area contributed by atoms with Gasteiger partial charge in [0.1, 0.15) is 0 Å². The molecule has 3 heterocycles. The number of amides is 1. The van der Waals surface area contributed by atoms with Crippen LogP contribution in [0, 0.1) is 0 Å². The molecule has 0 radical (unpaired) electrons. The summed E-state index contributed by atoms with van der Waals surface area (Å²) in [5.41, 5.74) is 2.41. The van der Waals surface area contributed by atoms with Crippen LogP contribution >= 0.6 is 11.3 Å². The van der Waals surface area contributed by atoms with Crippen molar-refractivity contribution < 1.29 is 4.79 Å². The molecule has 7 heteroatoms. The van der Waals surface area contributed by atoms with Gasteiger partial charge in [0.25, 0.3) is 5.91 Å². The highest BCUT2D eigenvalue weighted by Crippen LogP contribution is 2.10. The Bertz CT molecular complexity index is 730. The molecule has 3 rings (SSSR count). The van der Waals surface area contributed by atoms with E-state index >= 15 is 0 Å². The summed E-state index contributed by atoms with van der Waals surface area (Å²) in [6.07, 6.45) is 3.32. The number of fused-ring (bicyclic) bond motifs is 1. The third kappa shape index (κ3) is 3.08. The average Bonchev–Trinajstić information content (AvgIpc) is 3.13. The molecular formula is C14H15N5OS. The van der Waals surface area contributed by atoms with Crippen LogP contribution in [0.1, 0.15) is 28.2 Å². The number of aromatic amines is 1. The molecule has 0 aliphatic heterocycles. The van der Waals surface area contributed by atoms with Gasteiger partial charge >= 0.3 is 0 Å². The highest BCUT2D eigenvalue weighted by atomic mass is 32.1. The second-order valence-corrected chi connectivity index (χ2v) is 5.49. The summed E-state index contributed by atoms with van der Waals surface area (Å²) in [6, 6.07) is 3.64. The summed E-state index contributed by atoms with van der Waals surface area (Å²) in [5.74, 6) is 0.0670. The van der Waals surface area contributed by atoms with Crippen LogP contribution in [0.25, 0.3) is 11.2 Å². The lowest BCUT2D eigenvalue weighted by Gasteiger charge is -2.00. The van der Waals surface area contributed by atoms with Crippen molar-refractivity contribution in [1.29, 1.82) is 0 Å². The number of carbonyl (C=O) groups is 1. The van der Waals surface area contributed by atoms with Crippen LogP contribution in [0.2, 0.25) is 0 Å². The van der Waals surface area contributed by atoms with E-state index in [1.165, 1.54) is 0 Å². The van der Waals surface area contributed by atoms with Crippen molar-refractivity contribution in [3.63, 3.8) is 0 Å². The molecule has 6 nitrogen and oxygen atoms in total. The highest BCUT2D eigenvalue weighted by Gasteiger charge is 2.11. The molecule has 1 amide bonds. The second kappa shape index (κ2) is 6.01. The van der Waals surface area contributed by atoms with Crippen LogP contribution in [0.15, 0.2) is 23.7 Å². The number of aryl methyl sites for hydroxylation is 1.